The maximum absolute atomic E-state index is 13.2. The SMILES string of the molecule is O=S(=O)(NCCOc1ccc2nnc(-c3ccc(F)cc3)n2n1)c1ccc(Oc2ccccc2)cc1. The van der Waals surface area contributed by atoms with Crippen molar-refractivity contribution in [2.24, 2.45) is 0 Å². The van der Waals surface area contributed by atoms with E-state index < -0.39 is 10.0 Å². The van der Waals surface area contributed by atoms with Crippen molar-refractivity contribution in [1.29, 1.82) is 0 Å². The van der Waals surface area contributed by atoms with Gasteiger partial charge in [0, 0.05) is 18.2 Å². The third kappa shape index (κ3) is 5.32. The lowest BCUT2D eigenvalue weighted by molar-refractivity contribution is 0.306. The first-order valence-electron chi connectivity index (χ1n) is 10.9. The van der Waals surface area contributed by atoms with Gasteiger partial charge in [-0.15, -0.1) is 15.3 Å². The number of ether oxygens (including phenoxy) is 2. The smallest absolute Gasteiger partial charge is 0.240 e. The van der Waals surface area contributed by atoms with Gasteiger partial charge in [0.2, 0.25) is 15.9 Å². The lowest BCUT2D eigenvalue weighted by Gasteiger charge is -2.10. The maximum Gasteiger partial charge on any atom is 0.240 e. The van der Waals surface area contributed by atoms with Crippen molar-refractivity contribution >= 4 is 15.7 Å². The van der Waals surface area contributed by atoms with E-state index in [4.69, 9.17) is 9.47 Å². The minimum atomic E-state index is -3.74. The van der Waals surface area contributed by atoms with Crippen molar-refractivity contribution in [3.8, 4) is 28.8 Å². The first-order chi connectivity index (χ1) is 17.5. The number of rotatable bonds is 9. The molecule has 0 radical (unpaired) electrons. The number of aromatic nitrogens is 4. The molecule has 0 spiro atoms. The van der Waals surface area contributed by atoms with Gasteiger partial charge in [0.05, 0.1) is 4.90 Å². The van der Waals surface area contributed by atoms with Crippen molar-refractivity contribution in [2.45, 2.75) is 4.90 Å². The van der Waals surface area contributed by atoms with Crippen LogP contribution < -0.4 is 14.2 Å². The van der Waals surface area contributed by atoms with Crippen LogP contribution in [0.15, 0.2) is 95.9 Å². The molecule has 0 aliphatic rings. The summed E-state index contributed by atoms with van der Waals surface area (Å²) >= 11 is 0. The highest BCUT2D eigenvalue weighted by Crippen LogP contribution is 2.23. The van der Waals surface area contributed by atoms with Crippen LogP contribution in [0.1, 0.15) is 0 Å². The van der Waals surface area contributed by atoms with E-state index in [9.17, 15) is 12.8 Å². The first kappa shape index (κ1) is 23.4. The topological polar surface area (TPSA) is 108 Å². The average Bonchev–Trinajstić information content (AvgIpc) is 3.31. The van der Waals surface area contributed by atoms with Crippen LogP contribution in [0.25, 0.3) is 17.0 Å². The molecule has 2 aromatic heterocycles. The van der Waals surface area contributed by atoms with Gasteiger partial charge in [-0.1, -0.05) is 18.2 Å². The molecule has 2 heterocycles. The molecule has 3 aromatic carbocycles. The van der Waals surface area contributed by atoms with Gasteiger partial charge < -0.3 is 9.47 Å². The Bertz CT molecular complexity index is 1580. The normalized spacial score (nSPS) is 11.5. The summed E-state index contributed by atoms with van der Waals surface area (Å²) < 4.78 is 53.7. The predicted molar refractivity (Wildman–Crippen MR) is 130 cm³/mol. The lowest BCUT2D eigenvalue weighted by atomic mass is 10.2. The van der Waals surface area contributed by atoms with Gasteiger partial charge in [-0.25, -0.2) is 17.5 Å². The van der Waals surface area contributed by atoms with Crippen molar-refractivity contribution in [1.82, 2.24) is 24.5 Å². The summed E-state index contributed by atoms with van der Waals surface area (Å²) in [4.78, 5) is 0.107. The van der Waals surface area contributed by atoms with E-state index in [1.165, 1.54) is 28.8 Å². The molecular weight excluding hydrogens is 485 g/mol. The number of nitrogens with one attached hydrogen (secondary N) is 1. The number of halogens is 1. The van der Waals surface area contributed by atoms with E-state index in [2.05, 4.69) is 20.0 Å². The standard InChI is InChI=1S/C25H20FN5O4S/c26-19-8-6-18(7-9-19)25-29-28-23-14-15-24(30-31(23)25)34-17-16-27-36(32,33)22-12-10-21(11-13-22)35-20-4-2-1-3-5-20/h1-15,27H,16-17H2. The summed E-state index contributed by atoms with van der Waals surface area (Å²) in [5.41, 5.74) is 1.13. The summed E-state index contributed by atoms with van der Waals surface area (Å²) in [6, 6.07) is 24.4. The number of fused-ring (bicyclic) bond motifs is 1. The van der Waals surface area contributed by atoms with Crippen LogP contribution in [0.4, 0.5) is 4.39 Å². The minimum Gasteiger partial charge on any atom is -0.475 e. The number of para-hydroxylation sites is 1. The number of nitrogens with zero attached hydrogens (tertiary/aromatic N) is 4. The minimum absolute atomic E-state index is 0.0251. The molecule has 0 aliphatic heterocycles. The number of hydrogen-bond acceptors (Lipinski definition) is 7. The van der Waals surface area contributed by atoms with Crippen LogP contribution in [0.5, 0.6) is 17.4 Å². The fraction of sp³-hybridized carbons (Fsp3) is 0.0800. The fourth-order valence-electron chi connectivity index (χ4n) is 3.35. The highest BCUT2D eigenvalue weighted by atomic mass is 32.2. The number of hydrogen-bond donors (Lipinski definition) is 1. The quantitative estimate of drug-likeness (QED) is 0.301. The highest BCUT2D eigenvalue weighted by molar-refractivity contribution is 7.89. The Kier molecular flexibility index (Phi) is 6.56. The zero-order valence-corrected chi connectivity index (χ0v) is 19.6. The third-order valence-corrected chi connectivity index (χ3v) is 6.57. The van der Waals surface area contributed by atoms with Gasteiger partial charge in [0.25, 0.3) is 0 Å². The van der Waals surface area contributed by atoms with Crippen LogP contribution in [0, 0.1) is 5.82 Å². The monoisotopic (exact) mass is 505 g/mol. The van der Waals surface area contributed by atoms with Gasteiger partial charge >= 0.3 is 0 Å². The summed E-state index contributed by atoms with van der Waals surface area (Å²) in [6.45, 7) is 0.0677. The van der Waals surface area contributed by atoms with Crippen LogP contribution in [0.2, 0.25) is 0 Å². The molecule has 1 N–H and O–H groups in total. The molecule has 0 bridgehead atoms. The summed E-state index contributed by atoms with van der Waals surface area (Å²) in [6.07, 6.45) is 0. The van der Waals surface area contributed by atoms with Crippen LogP contribution in [-0.4, -0.2) is 41.4 Å². The summed E-state index contributed by atoms with van der Waals surface area (Å²) in [7, 11) is -3.74. The molecule has 5 rings (SSSR count). The molecule has 0 saturated heterocycles. The van der Waals surface area contributed by atoms with E-state index in [1.54, 1.807) is 36.4 Å². The summed E-state index contributed by atoms with van der Waals surface area (Å²) in [5, 5.41) is 12.5. The molecule has 0 unspecified atom stereocenters. The Balaban J connectivity index is 1.19. The molecule has 0 saturated carbocycles. The zero-order valence-electron chi connectivity index (χ0n) is 18.8. The Labute approximate surface area is 206 Å². The lowest BCUT2D eigenvalue weighted by Crippen LogP contribution is -2.28. The maximum atomic E-state index is 13.2. The molecule has 0 atom stereocenters. The van der Waals surface area contributed by atoms with Crippen molar-refractivity contribution < 1.29 is 22.3 Å². The Morgan fingerprint density at radius 3 is 2.31 bits per heavy atom. The van der Waals surface area contributed by atoms with Crippen LogP contribution >= 0.6 is 0 Å². The molecule has 0 fully saturated rings. The second kappa shape index (κ2) is 10.1. The zero-order chi connectivity index (χ0) is 25.0. The Hall–Kier alpha value is -4.35. The molecule has 182 valence electrons. The molecule has 9 nitrogen and oxygen atoms in total. The van der Waals surface area contributed by atoms with Crippen molar-refractivity contribution in [3.05, 3.63) is 96.8 Å². The second-order valence-electron chi connectivity index (χ2n) is 7.60. The van der Waals surface area contributed by atoms with E-state index in [0.717, 1.165) is 0 Å². The molecule has 5 aromatic rings. The van der Waals surface area contributed by atoms with E-state index in [0.29, 0.717) is 28.5 Å². The van der Waals surface area contributed by atoms with E-state index in [1.807, 2.05) is 30.3 Å². The van der Waals surface area contributed by atoms with Crippen molar-refractivity contribution in [3.63, 3.8) is 0 Å². The van der Waals surface area contributed by atoms with Crippen LogP contribution in [0.3, 0.4) is 0 Å². The number of benzene rings is 3. The Morgan fingerprint density at radius 1 is 0.833 bits per heavy atom. The third-order valence-electron chi connectivity index (χ3n) is 5.10. The van der Waals surface area contributed by atoms with E-state index >= 15 is 0 Å². The molecule has 0 aliphatic carbocycles. The molecule has 11 heteroatoms. The van der Waals surface area contributed by atoms with Crippen molar-refractivity contribution in [2.75, 3.05) is 13.2 Å². The van der Waals surface area contributed by atoms with Gasteiger partial charge in [-0.2, -0.15) is 4.52 Å². The highest BCUT2D eigenvalue weighted by Gasteiger charge is 2.14. The molecular formula is C25H20FN5O4S. The van der Waals surface area contributed by atoms with Crippen LogP contribution in [-0.2, 0) is 10.0 Å². The van der Waals surface area contributed by atoms with E-state index in [-0.39, 0.29) is 29.7 Å². The predicted octanol–water partition coefficient (Wildman–Crippen LogP) is 4.08. The Morgan fingerprint density at radius 2 is 1.56 bits per heavy atom. The fourth-order valence-corrected chi connectivity index (χ4v) is 4.37. The summed E-state index contributed by atoms with van der Waals surface area (Å²) in [5.74, 6) is 1.51. The molecule has 36 heavy (non-hydrogen) atoms. The van der Waals surface area contributed by atoms with Gasteiger partial charge in [-0.3, -0.25) is 0 Å². The largest absolute Gasteiger partial charge is 0.475 e. The first-order valence-corrected chi connectivity index (χ1v) is 12.4. The van der Waals surface area contributed by atoms with Gasteiger partial charge in [0.1, 0.15) is 23.9 Å². The molecule has 0 amide bonds. The average molecular weight is 506 g/mol. The van der Waals surface area contributed by atoms with Gasteiger partial charge in [-0.05, 0) is 66.7 Å². The number of sulfonamides is 1. The second-order valence-corrected chi connectivity index (χ2v) is 9.37. The van der Waals surface area contributed by atoms with Gasteiger partial charge in [0.15, 0.2) is 11.5 Å².